The van der Waals surface area contributed by atoms with Crippen LogP contribution in [0.1, 0.15) is 52.7 Å². The molecule has 0 amide bonds. The summed E-state index contributed by atoms with van der Waals surface area (Å²) in [6.45, 7) is 5.77. The zero-order chi connectivity index (χ0) is 20.7. The number of halogens is 2. The van der Waals surface area contributed by atoms with Crippen molar-refractivity contribution >= 4 is 5.82 Å². The molecule has 0 saturated carbocycles. The number of hydrogen-bond donors (Lipinski definition) is 1. The second-order valence-corrected chi connectivity index (χ2v) is 7.12. The van der Waals surface area contributed by atoms with E-state index in [-0.39, 0.29) is 19.0 Å². The van der Waals surface area contributed by atoms with E-state index >= 15 is 4.39 Å². The third-order valence-electron chi connectivity index (χ3n) is 4.95. The Morgan fingerprint density at radius 3 is 2.64 bits per heavy atom. The average Bonchev–Trinajstić information content (AvgIpc) is 2.93. The number of hydrogen-bond acceptors (Lipinski definition) is 6. The highest BCUT2D eigenvalue weighted by Gasteiger charge is 2.61. The smallest absolute Gasteiger partial charge is 0.351 e. The maximum Gasteiger partial charge on any atom is 0.351 e. The van der Waals surface area contributed by atoms with Crippen LogP contribution in [-0.2, 0) is 14.2 Å². The van der Waals surface area contributed by atoms with Gasteiger partial charge in [0.15, 0.2) is 18.0 Å². The topological polar surface area (TPSA) is 88.6 Å². The first-order valence-corrected chi connectivity index (χ1v) is 9.87. The highest BCUT2D eigenvalue weighted by molar-refractivity contribution is 5.23. The Morgan fingerprint density at radius 1 is 1.36 bits per heavy atom. The van der Waals surface area contributed by atoms with E-state index in [1.807, 2.05) is 13.8 Å². The molecular weight excluding hydrogens is 372 g/mol. The molecular formula is C19H31F2N3O4. The van der Waals surface area contributed by atoms with Gasteiger partial charge in [-0.25, -0.2) is 13.6 Å². The van der Waals surface area contributed by atoms with E-state index in [9.17, 15) is 9.18 Å². The number of nitrogens with two attached hydrogens (primary N) is 1. The highest BCUT2D eigenvalue weighted by atomic mass is 19.1. The summed E-state index contributed by atoms with van der Waals surface area (Å²) >= 11 is 0. The molecule has 160 valence electrons. The molecule has 2 rings (SSSR count). The lowest BCUT2D eigenvalue weighted by Crippen LogP contribution is -2.54. The lowest BCUT2D eigenvalue weighted by Gasteiger charge is -2.35. The van der Waals surface area contributed by atoms with Gasteiger partial charge in [0.1, 0.15) is 18.1 Å². The molecule has 0 aliphatic carbocycles. The number of rotatable bonds is 11. The molecule has 1 aliphatic rings. The van der Waals surface area contributed by atoms with Crippen LogP contribution in [0.15, 0.2) is 17.1 Å². The van der Waals surface area contributed by atoms with E-state index in [1.54, 1.807) is 0 Å². The lowest BCUT2D eigenvalue weighted by atomic mass is 9.91. The minimum Gasteiger partial charge on any atom is -0.383 e. The number of nitrogens with zero attached hydrogens (tertiary/aromatic N) is 2. The van der Waals surface area contributed by atoms with Crippen LogP contribution in [0.5, 0.6) is 0 Å². The summed E-state index contributed by atoms with van der Waals surface area (Å²) in [6, 6.07) is 1.36. The van der Waals surface area contributed by atoms with Gasteiger partial charge in [-0.15, -0.1) is 0 Å². The maximum absolute atomic E-state index is 15.4. The molecule has 0 aromatic carbocycles. The van der Waals surface area contributed by atoms with Crippen LogP contribution in [-0.4, -0.2) is 53.4 Å². The molecule has 1 unspecified atom stereocenters. The maximum atomic E-state index is 15.4. The van der Waals surface area contributed by atoms with Gasteiger partial charge in [0.25, 0.3) is 0 Å². The van der Waals surface area contributed by atoms with E-state index < -0.39 is 36.0 Å². The molecule has 1 aromatic heterocycles. The summed E-state index contributed by atoms with van der Waals surface area (Å²) < 4.78 is 48.3. The number of ether oxygens (including phenoxy) is 3. The Kier molecular flexibility index (Phi) is 8.33. The molecule has 1 fully saturated rings. The van der Waals surface area contributed by atoms with Crippen molar-refractivity contribution in [3.63, 3.8) is 0 Å². The fourth-order valence-electron chi connectivity index (χ4n) is 3.22. The standard InChI is InChI=1S/C19H31F2N3O4/c1-4-6-10-26-12-19(13(3)20)16(27-11-7-5-2)15(21)17(28-19)24-9-8-14(22)23-18(24)25/h8-9,13,15-17H,4-7,10-12H2,1-3H3,(H2,22,23,25)/t13-,15?,16+,17-,19+/m1/s1. The van der Waals surface area contributed by atoms with Gasteiger partial charge in [0, 0.05) is 19.4 Å². The van der Waals surface area contributed by atoms with Crippen LogP contribution < -0.4 is 11.4 Å². The number of alkyl halides is 2. The lowest BCUT2D eigenvalue weighted by molar-refractivity contribution is -0.181. The quantitative estimate of drug-likeness (QED) is 0.572. The van der Waals surface area contributed by atoms with Gasteiger partial charge in [-0.05, 0) is 25.8 Å². The van der Waals surface area contributed by atoms with Crippen molar-refractivity contribution in [2.24, 2.45) is 0 Å². The minimum absolute atomic E-state index is 0.0124. The number of unbranched alkanes of at least 4 members (excludes halogenated alkanes) is 2. The number of anilines is 1. The SMILES string of the molecule is CCCCOC[C@@]1([C@@H](C)F)O[C@@H](n2ccc(N)nc2=O)C(F)[C@@H]1OCCCC. The first-order valence-electron chi connectivity index (χ1n) is 9.87. The third-order valence-corrected chi connectivity index (χ3v) is 4.95. The van der Waals surface area contributed by atoms with Crippen molar-refractivity contribution in [1.29, 1.82) is 0 Å². The summed E-state index contributed by atoms with van der Waals surface area (Å²) in [5.74, 6) is 0.0124. The molecule has 2 N–H and O–H groups in total. The Bertz CT molecular complexity index is 673. The molecule has 5 atom stereocenters. The monoisotopic (exact) mass is 403 g/mol. The molecule has 7 nitrogen and oxygen atoms in total. The van der Waals surface area contributed by atoms with Gasteiger partial charge in [-0.3, -0.25) is 4.57 Å². The van der Waals surface area contributed by atoms with Crippen molar-refractivity contribution in [3.05, 3.63) is 22.7 Å². The van der Waals surface area contributed by atoms with Crippen molar-refractivity contribution in [2.75, 3.05) is 25.6 Å². The van der Waals surface area contributed by atoms with E-state index in [0.29, 0.717) is 13.0 Å². The normalized spacial score (nSPS) is 28.5. The molecule has 9 heteroatoms. The van der Waals surface area contributed by atoms with Gasteiger partial charge in [0.2, 0.25) is 0 Å². The molecule has 1 aliphatic heterocycles. The molecule has 0 radical (unpaired) electrons. The van der Waals surface area contributed by atoms with Crippen LogP contribution in [0, 0.1) is 0 Å². The summed E-state index contributed by atoms with van der Waals surface area (Å²) in [6.07, 6.45) is -1.39. The van der Waals surface area contributed by atoms with E-state index in [4.69, 9.17) is 19.9 Å². The summed E-state index contributed by atoms with van der Waals surface area (Å²) in [5, 5.41) is 0. The van der Waals surface area contributed by atoms with E-state index in [2.05, 4.69) is 4.98 Å². The van der Waals surface area contributed by atoms with Crippen LogP contribution in [0.2, 0.25) is 0 Å². The summed E-state index contributed by atoms with van der Waals surface area (Å²) in [5.41, 5.74) is 3.07. The second kappa shape index (κ2) is 10.3. The largest absolute Gasteiger partial charge is 0.383 e. The molecule has 0 bridgehead atoms. The Balaban J connectivity index is 2.33. The zero-order valence-corrected chi connectivity index (χ0v) is 16.8. The summed E-state index contributed by atoms with van der Waals surface area (Å²) in [7, 11) is 0. The van der Waals surface area contributed by atoms with Gasteiger partial charge in [-0.1, -0.05) is 26.7 Å². The Hall–Kier alpha value is -1.58. The van der Waals surface area contributed by atoms with Gasteiger partial charge >= 0.3 is 5.69 Å². The van der Waals surface area contributed by atoms with Crippen molar-refractivity contribution in [1.82, 2.24) is 9.55 Å². The minimum atomic E-state index is -1.77. The predicted molar refractivity (Wildman–Crippen MR) is 102 cm³/mol. The first-order chi connectivity index (χ1) is 13.4. The van der Waals surface area contributed by atoms with Crippen molar-refractivity contribution < 1.29 is 23.0 Å². The third kappa shape index (κ3) is 4.87. The van der Waals surface area contributed by atoms with E-state index in [0.717, 1.165) is 23.8 Å². The number of aromatic nitrogens is 2. The van der Waals surface area contributed by atoms with Crippen LogP contribution >= 0.6 is 0 Å². The summed E-state index contributed by atoms with van der Waals surface area (Å²) in [4.78, 5) is 15.8. The van der Waals surface area contributed by atoms with Gasteiger partial charge in [0.05, 0.1) is 6.61 Å². The molecule has 2 heterocycles. The molecule has 0 spiro atoms. The van der Waals surface area contributed by atoms with Gasteiger partial charge < -0.3 is 19.9 Å². The highest BCUT2D eigenvalue weighted by Crippen LogP contribution is 2.43. The second-order valence-electron chi connectivity index (χ2n) is 7.12. The molecule has 28 heavy (non-hydrogen) atoms. The Morgan fingerprint density at radius 2 is 2.04 bits per heavy atom. The van der Waals surface area contributed by atoms with Crippen LogP contribution in [0.3, 0.4) is 0 Å². The predicted octanol–water partition coefficient (Wildman–Crippen LogP) is 2.79. The number of nitrogen functional groups attached to an aromatic ring is 1. The average molecular weight is 403 g/mol. The van der Waals surface area contributed by atoms with Crippen LogP contribution in [0.4, 0.5) is 14.6 Å². The van der Waals surface area contributed by atoms with Crippen LogP contribution in [0.25, 0.3) is 0 Å². The fraction of sp³-hybridized carbons (Fsp3) is 0.789. The van der Waals surface area contributed by atoms with Gasteiger partial charge in [-0.2, -0.15) is 4.98 Å². The van der Waals surface area contributed by atoms with Crippen molar-refractivity contribution in [3.8, 4) is 0 Å². The molecule has 1 saturated heterocycles. The fourth-order valence-corrected chi connectivity index (χ4v) is 3.22. The first kappa shape index (κ1) is 22.7. The zero-order valence-electron chi connectivity index (χ0n) is 16.8. The van der Waals surface area contributed by atoms with E-state index in [1.165, 1.54) is 19.2 Å². The van der Waals surface area contributed by atoms with Crippen molar-refractivity contribution in [2.45, 2.75) is 76.7 Å². The molecule has 1 aromatic rings. The Labute approximate surface area is 164 Å².